The molecular weight excluding hydrogens is 248 g/mol. The average molecular weight is 276 g/mol. The summed E-state index contributed by atoms with van der Waals surface area (Å²) in [6.45, 7) is 8.47. The van der Waals surface area contributed by atoms with Crippen LogP contribution in [-0.2, 0) is 13.0 Å². The normalized spacial score (nSPS) is 22.8. The van der Waals surface area contributed by atoms with E-state index in [0.717, 1.165) is 37.0 Å². The molecule has 0 bridgehead atoms. The lowest BCUT2D eigenvalue weighted by Crippen LogP contribution is -2.24. The van der Waals surface area contributed by atoms with E-state index in [9.17, 15) is 0 Å². The number of hydrogen-bond acceptors (Lipinski definition) is 3. The fourth-order valence-electron chi connectivity index (χ4n) is 2.89. The van der Waals surface area contributed by atoms with Gasteiger partial charge in [0.1, 0.15) is 6.10 Å². The lowest BCUT2D eigenvalue weighted by molar-refractivity contribution is 0.123. The highest BCUT2D eigenvalue weighted by molar-refractivity contribution is 5.25. The Morgan fingerprint density at radius 1 is 1.30 bits per heavy atom. The molecule has 1 heterocycles. The molecule has 20 heavy (non-hydrogen) atoms. The summed E-state index contributed by atoms with van der Waals surface area (Å²) in [7, 11) is 0. The standard InChI is InChI=1S/C17H28N2O/c1-4-15-10-14(12-18-5-2)11-17(19-15)20-16-8-6-7-13(3)9-16/h10-11,13,16,18H,4-9,12H2,1-3H3. The van der Waals surface area contributed by atoms with E-state index in [4.69, 9.17) is 4.74 Å². The third kappa shape index (κ3) is 4.48. The Kier molecular flexibility index (Phi) is 5.84. The first-order valence-corrected chi connectivity index (χ1v) is 8.08. The molecule has 0 aromatic carbocycles. The molecule has 1 aliphatic rings. The number of hydrogen-bond donors (Lipinski definition) is 1. The number of ether oxygens (including phenoxy) is 1. The predicted molar refractivity (Wildman–Crippen MR) is 83.0 cm³/mol. The summed E-state index contributed by atoms with van der Waals surface area (Å²) in [4.78, 5) is 4.63. The first kappa shape index (κ1) is 15.3. The molecule has 1 saturated carbocycles. The van der Waals surface area contributed by atoms with Gasteiger partial charge < -0.3 is 10.1 Å². The molecule has 3 heteroatoms. The molecule has 1 aromatic heterocycles. The molecule has 0 radical (unpaired) electrons. The van der Waals surface area contributed by atoms with E-state index >= 15 is 0 Å². The molecule has 2 unspecified atom stereocenters. The van der Waals surface area contributed by atoms with Crippen molar-refractivity contribution in [2.24, 2.45) is 5.92 Å². The van der Waals surface area contributed by atoms with Crippen LogP contribution in [0.15, 0.2) is 12.1 Å². The van der Waals surface area contributed by atoms with Crippen molar-refractivity contribution in [2.45, 2.75) is 65.5 Å². The van der Waals surface area contributed by atoms with Gasteiger partial charge in [0.2, 0.25) is 5.88 Å². The van der Waals surface area contributed by atoms with Crippen molar-refractivity contribution in [2.75, 3.05) is 6.54 Å². The molecule has 2 atom stereocenters. The Labute approximate surface area is 123 Å². The number of aromatic nitrogens is 1. The van der Waals surface area contributed by atoms with E-state index in [1.165, 1.54) is 31.2 Å². The third-order valence-electron chi connectivity index (χ3n) is 4.03. The maximum atomic E-state index is 6.15. The third-order valence-corrected chi connectivity index (χ3v) is 4.03. The minimum absolute atomic E-state index is 0.352. The summed E-state index contributed by atoms with van der Waals surface area (Å²) in [5, 5.41) is 3.37. The van der Waals surface area contributed by atoms with Gasteiger partial charge in [-0.05, 0) is 49.8 Å². The Morgan fingerprint density at radius 3 is 2.85 bits per heavy atom. The lowest BCUT2D eigenvalue weighted by Gasteiger charge is -2.27. The maximum absolute atomic E-state index is 6.15. The van der Waals surface area contributed by atoms with Gasteiger partial charge >= 0.3 is 0 Å². The van der Waals surface area contributed by atoms with Gasteiger partial charge in [-0.15, -0.1) is 0 Å². The van der Waals surface area contributed by atoms with Gasteiger partial charge in [-0.1, -0.05) is 27.2 Å². The van der Waals surface area contributed by atoms with Crippen LogP contribution in [0.5, 0.6) is 5.88 Å². The zero-order valence-electron chi connectivity index (χ0n) is 13.1. The first-order chi connectivity index (χ1) is 9.71. The predicted octanol–water partition coefficient (Wildman–Crippen LogP) is 3.71. The molecule has 2 rings (SSSR count). The van der Waals surface area contributed by atoms with Gasteiger partial charge in [0.05, 0.1) is 0 Å². The van der Waals surface area contributed by atoms with Crippen LogP contribution >= 0.6 is 0 Å². The molecule has 3 nitrogen and oxygen atoms in total. The molecule has 1 N–H and O–H groups in total. The van der Waals surface area contributed by atoms with Crippen LogP contribution in [-0.4, -0.2) is 17.6 Å². The smallest absolute Gasteiger partial charge is 0.214 e. The van der Waals surface area contributed by atoms with Gasteiger partial charge in [-0.2, -0.15) is 0 Å². The van der Waals surface area contributed by atoms with E-state index in [1.807, 2.05) is 0 Å². The quantitative estimate of drug-likeness (QED) is 0.860. The zero-order chi connectivity index (χ0) is 14.4. The fourth-order valence-corrected chi connectivity index (χ4v) is 2.89. The van der Waals surface area contributed by atoms with Crippen molar-refractivity contribution in [3.63, 3.8) is 0 Å². The fraction of sp³-hybridized carbons (Fsp3) is 0.706. The molecule has 0 saturated heterocycles. The summed E-state index contributed by atoms with van der Waals surface area (Å²) < 4.78 is 6.15. The lowest BCUT2D eigenvalue weighted by atomic mass is 9.89. The zero-order valence-corrected chi connectivity index (χ0v) is 13.1. The van der Waals surface area contributed by atoms with Crippen molar-refractivity contribution in [1.29, 1.82) is 0 Å². The SMILES string of the molecule is CCNCc1cc(CC)nc(OC2CCCC(C)C2)c1. The van der Waals surface area contributed by atoms with Crippen molar-refractivity contribution >= 4 is 0 Å². The van der Waals surface area contributed by atoms with Crippen molar-refractivity contribution in [3.05, 3.63) is 23.4 Å². The minimum Gasteiger partial charge on any atom is -0.474 e. The number of pyridine rings is 1. The van der Waals surface area contributed by atoms with Crippen molar-refractivity contribution < 1.29 is 4.74 Å². The monoisotopic (exact) mass is 276 g/mol. The van der Waals surface area contributed by atoms with Crippen LogP contribution in [0.4, 0.5) is 0 Å². The maximum Gasteiger partial charge on any atom is 0.214 e. The molecular formula is C17H28N2O. The largest absolute Gasteiger partial charge is 0.474 e. The van der Waals surface area contributed by atoms with Gasteiger partial charge in [-0.25, -0.2) is 4.98 Å². The Bertz CT molecular complexity index is 419. The van der Waals surface area contributed by atoms with E-state index in [2.05, 4.69) is 43.2 Å². The van der Waals surface area contributed by atoms with Crippen LogP contribution in [0.1, 0.15) is 57.7 Å². The molecule has 112 valence electrons. The van der Waals surface area contributed by atoms with Crippen LogP contribution in [0, 0.1) is 5.92 Å². The molecule has 0 spiro atoms. The Morgan fingerprint density at radius 2 is 2.15 bits per heavy atom. The second kappa shape index (κ2) is 7.63. The Balaban J connectivity index is 2.05. The first-order valence-electron chi connectivity index (χ1n) is 8.08. The highest BCUT2D eigenvalue weighted by atomic mass is 16.5. The number of rotatable bonds is 6. The minimum atomic E-state index is 0.352. The highest BCUT2D eigenvalue weighted by Crippen LogP contribution is 2.27. The van der Waals surface area contributed by atoms with Crippen LogP contribution in [0.2, 0.25) is 0 Å². The summed E-state index contributed by atoms with van der Waals surface area (Å²) in [5.41, 5.74) is 2.40. The summed E-state index contributed by atoms with van der Waals surface area (Å²) >= 11 is 0. The molecule has 0 amide bonds. The summed E-state index contributed by atoms with van der Waals surface area (Å²) in [6.07, 6.45) is 6.27. The van der Waals surface area contributed by atoms with Crippen molar-refractivity contribution in [1.82, 2.24) is 10.3 Å². The van der Waals surface area contributed by atoms with Crippen LogP contribution < -0.4 is 10.1 Å². The summed E-state index contributed by atoms with van der Waals surface area (Å²) in [5.74, 6) is 1.60. The average Bonchev–Trinajstić information content (AvgIpc) is 2.45. The summed E-state index contributed by atoms with van der Waals surface area (Å²) in [6, 6.07) is 4.28. The van der Waals surface area contributed by atoms with Gasteiger partial charge in [-0.3, -0.25) is 0 Å². The van der Waals surface area contributed by atoms with E-state index in [-0.39, 0.29) is 0 Å². The highest BCUT2D eigenvalue weighted by Gasteiger charge is 2.20. The van der Waals surface area contributed by atoms with Gasteiger partial charge in [0.25, 0.3) is 0 Å². The van der Waals surface area contributed by atoms with E-state index in [1.54, 1.807) is 0 Å². The molecule has 1 aromatic rings. The molecule has 1 fully saturated rings. The number of nitrogens with one attached hydrogen (secondary N) is 1. The van der Waals surface area contributed by atoms with E-state index < -0.39 is 0 Å². The molecule has 0 aliphatic heterocycles. The second-order valence-electron chi connectivity index (χ2n) is 5.95. The Hall–Kier alpha value is -1.09. The number of nitrogens with zero attached hydrogens (tertiary/aromatic N) is 1. The van der Waals surface area contributed by atoms with E-state index in [0.29, 0.717) is 6.10 Å². The van der Waals surface area contributed by atoms with Gasteiger partial charge in [0.15, 0.2) is 0 Å². The van der Waals surface area contributed by atoms with Crippen LogP contribution in [0.3, 0.4) is 0 Å². The molecule has 1 aliphatic carbocycles. The second-order valence-corrected chi connectivity index (χ2v) is 5.95. The van der Waals surface area contributed by atoms with Crippen LogP contribution in [0.25, 0.3) is 0 Å². The van der Waals surface area contributed by atoms with Gasteiger partial charge in [0, 0.05) is 18.3 Å². The topological polar surface area (TPSA) is 34.2 Å². The van der Waals surface area contributed by atoms with Crippen molar-refractivity contribution in [3.8, 4) is 5.88 Å². The number of aryl methyl sites for hydroxylation is 1.